The third-order valence-electron chi connectivity index (χ3n) is 4.10. The second-order valence-corrected chi connectivity index (χ2v) is 7.67. The van der Waals surface area contributed by atoms with Crippen LogP contribution in [-0.2, 0) is 4.79 Å². The molecule has 4 nitrogen and oxygen atoms in total. The second kappa shape index (κ2) is 6.97. The predicted molar refractivity (Wildman–Crippen MR) is 95.2 cm³/mol. The number of hydrogen-bond acceptors (Lipinski definition) is 4. The molecule has 1 saturated heterocycles. The fourth-order valence-electron chi connectivity index (χ4n) is 2.81. The van der Waals surface area contributed by atoms with Crippen LogP contribution in [0.25, 0.3) is 10.6 Å². The molecular weight excluding hydrogens is 368 g/mol. The van der Waals surface area contributed by atoms with Gasteiger partial charge in [0.05, 0.1) is 29.2 Å². The molecule has 2 atom stereocenters. The molecule has 0 radical (unpaired) electrons. The molecule has 1 amide bonds. The van der Waals surface area contributed by atoms with Crippen LogP contribution in [0, 0.1) is 6.92 Å². The van der Waals surface area contributed by atoms with Crippen molar-refractivity contribution in [2.75, 3.05) is 6.54 Å². The second-order valence-electron chi connectivity index (χ2n) is 6.20. The SMILES string of the molecule is Cc1nc(-c2ccc(Cl)cc2)sc1C(C)NC(=O)C1CC(F)(F)CN1. The molecule has 2 unspecified atom stereocenters. The van der Waals surface area contributed by atoms with E-state index < -0.39 is 30.8 Å². The number of nitrogens with one attached hydrogen (secondary N) is 2. The quantitative estimate of drug-likeness (QED) is 0.838. The highest BCUT2D eigenvalue weighted by molar-refractivity contribution is 7.15. The summed E-state index contributed by atoms with van der Waals surface area (Å²) in [4.78, 5) is 17.7. The molecular formula is C17H18ClF2N3OS. The number of rotatable bonds is 4. The first-order valence-corrected chi connectivity index (χ1v) is 9.09. The first-order valence-electron chi connectivity index (χ1n) is 7.90. The van der Waals surface area contributed by atoms with E-state index in [4.69, 9.17) is 11.6 Å². The molecule has 2 aromatic rings. The number of carbonyl (C=O) groups excluding carboxylic acids is 1. The van der Waals surface area contributed by atoms with E-state index in [1.165, 1.54) is 11.3 Å². The van der Waals surface area contributed by atoms with Crippen molar-refractivity contribution >= 4 is 28.8 Å². The maximum Gasteiger partial charge on any atom is 0.262 e. The van der Waals surface area contributed by atoms with Gasteiger partial charge in [-0.05, 0) is 26.0 Å². The van der Waals surface area contributed by atoms with Gasteiger partial charge in [0.25, 0.3) is 5.92 Å². The van der Waals surface area contributed by atoms with E-state index in [1.807, 2.05) is 26.0 Å². The van der Waals surface area contributed by atoms with E-state index in [1.54, 1.807) is 12.1 Å². The molecule has 0 bridgehead atoms. The minimum atomic E-state index is -2.83. The van der Waals surface area contributed by atoms with Crippen LogP contribution in [0.3, 0.4) is 0 Å². The molecule has 1 fully saturated rings. The van der Waals surface area contributed by atoms with Crippen molar-refractivity contribution < 1.29 is 13.6 Å². The summed E-state index contributed by atoms with van der Waals surface area (Å²) in [7, 11) is 0. The molecule has 1 aromatic carbocycles. The Bertz CT molecular complexity index is 779. The molecule has 1 aromatic heterocycles. The Labute approximate surface area is 153 Å². The predicted octanol–water partition coefficient (Wildman–Crippen LogP) is 3.95. The lowest BCUT2D eigenvalue weighted by Crippen LogP contribution is -2.41. The van der Waals surface area contributed by atoms with Crippen LogP contribution >= 0.6 is 22.9 Å². The Morgan fingerprint density at radius 2 is 2.12 bits per heavy atom. The van der Waals surface area contributed by atoms with E-state index in [-0.39, 0.29) is 6.04 Å². The van der Waals surface area contributed by atoms with Crippen LogP contribution in [0.5, 0.6) is 0 Å². The van der Waals surface area contributed by atoms with E-state index in [0.717, 1.165) is 21.1 Å². The molecule has 2 heterocycles. The van der Waals surface area contributed by atoms with Crippen molar-refractivity contribution in [1.82, 2.24) is 15.6 Å². The molecule has 134 valence electrons. The third kappa shape index (κ3) is 4.16. The number of amides is 1. The van der Waals surface area contributed by atoms with Gasteiger partial charge in [0, 0.05) is 17.0 Å². The summed E-state index contributed by atoms with van der Waals surface area (Å²) in [5.74, 6) is -3.24. The molecule has 1 aliphatic heterocycles. The number of alkyl halides is 2. The molecule has 0 spiro atoms. The Hall–Kier alpha value is -1.57. The zero-order valence-electron chi connectivity index (χ0n) is 13.8. The highest BCUT2D eigenvalue weighted by atomic mass is 35.5. The standard InChI is InChI=1S/C17H18ClF2N3OS/c1-9(22-15(24)13-7-17(19,20)8-21-13)14-10(2)23-16(25-14)11-3-5-12(18)6-4-11/h3-6,9,13,21H,7-8H2,1-2H3,(H,22,24). The number of aromatic nitrogens is 1. The van der Waals surface area contributed by atoms with Gasteiger partial charge in [-0.1, -0.05) is 23.7 Å². The van der Waals surface area contributed by atoms with Crippen LogP contribution in [-0.4, -0.2) is 29.4 Å². The smallest absolute Gasteiger partial charge is 0.262 e. The van der Waals surface area contributed by atoms with Crippen molar-refractivity contribution in [3.63, 3.8) is 0 Å². The summed E-state index contributed by atoms with van der Waals surface area (Å²) in [5, 5.41) is 6.85. The summed E-state index contributed by atoms with van der Waals surface area (Å²) < 4.78 is 26.5. The number of thiazole rings is 1. The average Bonchev–Trinajstić information content (AvgIpc) is 3.10. The van der Waals surface area contributed by atoms with Gasteiger partial charge in [-0.25, -0.2) is 13.8 Å². The van der Waals surface area contributed by atoms with Gasteiger partial charge in [0.2, 0.25) is 5.91 Å². The van der Waals surface area contributed by atoms with Gasteiger partial charge in [0.15, 0.2) is 0 Å². The molecule has 25 heavy (non-hydrogen) atoms. The van der Waals surface area contributed by atoms with Gasteiger partial charge < -0.3 is 5.32 Å². The molecule has 0 saturated carbocycles. The van der Waals surface area contributed by atoms with Crippen molar-refractivity contribution in [2.24, 2.45) is 0 Å². The summed E-state index contributed by atoms with van der Waals surface area (Å²) in [6.07, 6.45) is -0.469. The van der Waals surface area contributed by atoms with Gasteiger partial charge in [-0.2, -0.15) is 0 Å². The zero-order valence-corrected chi connectivity index (χ0v) is 15.3. The number of nitrogens with zero attached hydrogens (tertiary/aromatic N) is 1. The van der Waals surface area contributed by atoms with Gasteiger partial charge in [-0.15, -0.1) is 11.3 Å². The Morgan fingerprint density at radius 1 is 1.44 bits per heavy atom. The lowest BCUT2D eigenvalue weighted by atomic mass is 10.1. The van der Waals surface area contributed by atoms with Crippen LogP contribution in [0.1, 0.15) is 30.0 Å². The lowest BCUT2D eigenvalue weighted by Gasteiger charge is -2.16. The summed E-state index contributed by atoms with van der Waals surface area (Å²) >= 11 is 7.38. The van der Waals surface area contributed by atoms with E-state index in [9.17, 15) is 13.6 Å². The van der Waals surface area contributed by atoms with Crippen molar-refractivity contribution in [1.29, 1.82) is 0 Å². The van der Waals surface area contributed by atoms with Crippen LogP contribution in [0.15, 0.2) is 24.3 Å². The molecule has 0 aliphatic carbocycles. The minimum Gasteiger partial charge on any atom is -0.347 e. The van der Waals surface area contributed by atoms with Crippen molar-refractivity contribution in [3.05, 3.63) is 39.9 Å². The summed E-state index contributed by atoms with van der Waals surface area (Å²) in [5.41, 5.74) is 1.76. The first kappa shape index (κ1) is 18.2. The molecule has 3 rings (SSSR count). The van der Waals surface area contributed by atoms with E-state index in [0.29, 0.717) is 5.02 Å². The van der Waals surface area contributed by atoms with Gasteiger partial charge in [0.1, 0.15) is 5.01 Å². The lowest BCUT2D eigenvalue weighted by molar-refractivity contribution is -0.124. The highest BCUT2D eigenvalue weighted by Gasteiger charge is 2.42. The van der Waals surface area contributed by atoms with E-state index in [2.05, 4.69) is 15.6 Å². The van der Waals surface area contributed by atoms with Crippen LogP contribution in [0.4, 0.5) is 8.78 Å². The molecule has 1 aliphatic rings. The number of hydrogen-bond donors (Lipinski definition) is 2. The zero-order chi connectivity index (χ0) is 18.2. The van der Waals surface area contributed by atoms with Gasteiger partial charge in [-0.3, -0.25) is 10.1 Å². The highest BCUT2D eigenvalue weighted by Crippen LogP contribution is 2.32. The number of aryl methyl sites for hydroxylation is 1. The third-order valence-corrected chi connectivity index (χ3v) is 5.74. The van der Waals surface area contributed by atoms with Gasteiger partial charge >= 0.3 is 0 Å². The van der Waals surface area contributed by atoms with Crippen molar-refractivity contribution in [2.45, 2.75) is 38.3 Å². The monoisotopic (exact) mass is 385 g/mol. The summed E-state index contributed by atoms with van der Waals surface area (Å²) in [6, 6.07) is 6.20. The Kier molecular flexibility index (Phi) is 5.09. The Morgan fingerprint density at radius 3 is 2.72 bits per heavy atom. The number of benzene rings is 1. The van der Waals surface area contributed by atoms with Crippen LogP contribution < -0.4 is 10.6 Å². The van der Waals surface area contributed by atoms with Crippen LogP contribution in [0.2, 0.25) is 5.02 Å². The fourth-order valence-corrected chi connectivity index (χ4v) is 4.01. The fraction of sp³-hybridized carbons (Fsp3) is 0.412. The number of halogens is 3. The first-order chi connectivity index (χ1) is 11.7. The normalized spacial score (nSPS) is 20.4. The maximum absolute atomic E-state index is 13.2. The topological polar surface area (TPSA) is 54.0 Å². The largest absolute Gasteiger partial charge is 0.347 e. The Balaban J connectivity index is 1.71. The maximum atomic E-state index is 13.2. The molecule has 8 heteroatoms. The average molecular weight is 386 g/mol. The molecule has 2 N–H and O–H groups in total. The summed E-state index contributed by atoms with van der Waals surface area (Å²) in [6.45, 7) is 3.24. The number of carbonyl (C=O) groups is 1. The van der Waals surface area contributed by atoms with Crippen molar-refractivity contribution in [3.8, 4) is 10.6 Å². The van der Waals surface area contributed by atoms with E-state index >= 15 is 0 Å². The minimum absolute atomic E-state index is 0.304.